The summed E-state index contributed by atoms with van der Waals surface area (Å²) in [7, 11) is 0. The van der Waals surface area contributed by atoms with E-state index >= 15 is 0 Å². The molecule has 1 aliphatic heterocycles. The van der Waals surface area contributed by atoms with Crippen LogP contribution in [0, 0.1) is 28.0 Å². The molecule has 9 heteroatoms. The molecule has 0 bridgehead atoms. The van der Waals surface area contributed by atoms with Gasteiger partial charge in [0.1, 0.15) is 5.15 Å². The third kappa shape index (κ3) is 4.23. The van der Waals surface area contributed by atoms with Crippen molar-refractivity contribution in [3.63, 3.8) is 0 Å². The first-order valence-corrected chi connectivity index (χ1v) is 10.9. The second-order valence-electron chi connectivity index (χ2n) is 10.7. The molecule has 0 spiro atoms. The molecule has 3 atom stereocenters. The van der Waals surface area contributed by atoms with E-state index in [2.05, 4.69) is 4.98 Å². The molecule has 1 unspecified atom stereocenters. The van der Waals surface area contributed by atoms with Gasteiger partial charge >= 0.3 is 12.1 Å². The summed E-state index contributed by atoms with van der Waals surface area (Å²) >= 11 is 11.9. The van der Waals surface area contributed by atoms with Gasteiger partial charge in [-0.15, -0.1) is 0 Å². The van der Waals surface area contributed by atoms with E-state index in [1.54, 1.807) is 6.92 Å². The minimum absolute atomic E-state index is 0.00208. The summed E-state index contributed by atoms with van der Waals surface area (Å²) in [4.78, 5) is 30.6. The highest BCUT2D eigenvalue weighted by Gasteiger charge is 2.66. The van der Waals surface area contributed by atoms with Crippen LogP contribution in [0.3, 0.4) is 0 Å². The number of carboxylic acid groups (broad SMARTS) is 2. The fourth-order valence-corrected chi connectivity index (χ4v) is 6.09. The van der Waals surface area contributed by atoms with Gasteiger partial charge in [-0.05, 0) is 30.2 Å². The number of pyridine rings is 1. The number of hydrogen-bond donors (Lipinski definition) is 2. The molecule has 1 amide bonds. The van der Waals surface area contributed by atoms with Crippen LogP contribution in [0.5, 0.6) is 0 Å². The number of halogens is 3. The third-order valence-corrected chi connectivity index (χ3v) is 7.40. The van der Waals surface area contributed by atoms with E-state index in [1.807, 2.05) is 41.5 Å². The second kappa shape index (κ2) is 8.07. The number of aromatic nitrogens is 1. The summed E-state index contributed by atoms with van der Waals surface area (Å²) in [6.45, 7) is 13.1. The highest BCUT2D eigenvalue weighted by atomic mass is 35.5. The molecule has 174 valence electrons. The van der Waals surface area contributed by atoms with Gasteiger partial charge in [0, 0.05) is 18.9 Å². The molecule has 1 aromatic heterocycles. The van der Waals surface area contributed by atoms with Crippen LogP contribution in [-0.2, 0) is 11.2 Å². The van der Waals surface area contributed by atoms with Crippen LogP contribution in [0.1, 0.15) is 60.6 Å². The minimum Gasteiger partial charge on any atom is -0.481 e. The summed E-state index contributed by atoms with van der Waals surface area (Å²) in [5, 5.41) is 20.3. The number of nitrogens with zero attached hydrogens (tertiary/aromatic N) is 2. The Hall–Kier alpha value is -1.60. The number of amides is 1. The van der Waals surface area contributed by atoms with Gasteiger partial charge in [0.15, 0.2) is 5.82 Å². The maximum Gasteiger partial charge on any atom is 0.407 e. The van der Waals surface area contributed by atoms with Crippen LogP contribution in [0.15, 0.2) is 6.07 Å². The van der Waals surface area contributed by atoms with Gasteiger partial charge in [-0.25, -0.2) is 14.2 Å². The molecule has 1 aliphatic rings. The lowest BCUT2D eigenvalue weighted by atomic mass is 9.47. The van der Waals surface area contributed by atoms with Crippen molar-refractivity contribution >= 4 is 35.3 Å². The Bertz CT molecular complexity index is 897. The zero-order valence-corrected chi connectivity index (χ0v) is 20.5. The van der Waals surface area contributed by atoms with Gasteiger partial charge in [-0.3, -0.25) is 4.79 Å². The number of rotatable bonds is 3. The van der Waals surface area contributed by atoms with Crippen LogP contribution in [0.4, 0.5) is 9.18 Å². The summed E-state index contributed by atoms with van der Waals surface area (Å²) in [5.74, 6) is -2.61. The lowest BCUT2D eigenvalue weighted by Crippen LogP contribution is -2.72. The highest BCUT2D eigenvalue weighted by Crippen LogP contribution is 2.60. The molecule has 2 heterocycles. The Morgan fingerprint density at radius 3 is 2.19 bits per heavy atom. The van der Waals surface area contributed by atoms with E-state index in [0.717, 1.165) is 0 Å². The number of likely N-dealkylation sites (tertiary alicyclic amines) is 1. The molecule has 0 saturated carbocycles. The Morgan fingerprint density at radius 1 is 1.23 bits per heavy atom. The van der Waals surface area contributed by atoms with Gasteiger partial charge in [0.05, 0.1) is 21.7 Å². The maximum atomic E-state index is 14.9. The fourth-order valence-electron chi connectivity index (χ4n) is 5.61. The zero-order chi connectivity index (χ0) is 24.2. The van der Waals surface area contributed by atoms with E-state index < -0.39 is 45.6 Å². The predicted octanol–water partition coefficient (Wildman–Crippen LogP) is 5.99. The molecule has 2 N–H and O–H groups in total. The van der Waals surface area contributed by atoms with Crippen molar-refractivity contribution in [1.29, 1.82) is 0 Å². The molecule has 1 fully saturated rings. The van der Waals surface area contributed by atoms with Crippen LogP contribution in [0.25, 0.3) is 0 Å². The Morgan fingerprint density at radius 2 is 1.77 bits per heavy atom. The van der Waals surface area contributed by atoms with Crippen molar-refractivity contribution in [2.24, 2.45) is 22.2 Å². The van der Waals surface area contributed by atoms with E-state index in [9.17, 15) is 24.2 Å². The third-order valence-electron chi connectivity index (χ3n) is 6.93. The maximum absolute atomic E-state index is 14.9. The molecule has 1 saturated heterocycles. The lowest BCUT2D eigenvalue weighted by molar-refractivity contribution is -0.188. The molecular formula is C22H31Cl2FN2O4. The monoisotopic (exact) mass is 476 g/mol. The van der Waals surface area contributed by atoms with Gasteiger partial charge in [0.25, 0.3) is 0 Å². The predicted molar refractivity (Wildman–Crippen MR) is 118 cm³/mol. The number of carbonyl (C=O) groups is 2. The first-order chi connectivity index (χ1) is 13.9. The summed E-state index contributed by atoms with van der Waals surface area (Å²) in [5.41, 5.74) is -3.97. The lowest BCUT2D eigenvalue weighted by Gasteiger charge is -2.64. The van der Waals surface area contributed by atoms with Crippen LogP contribution in [-0.4, -0.2) is 44.2 Å². The Balaban J connectivity index is 2.86. The van der Waals surface area contributed by atoms with Crippen LogP contribution >= 0.6 is 23.2 Å². The highest BCUT2D eigenvalue weighted by molar-refractivity contribution is 6.34. The summed E-state index contributed by atoms with van der Waals surface area (Å²) in [6, 6.07) is 1.17. The molecule has 1 aromatic rings. The normalized spacial score (nSPS) is 27.3. The van der Waals surface area contributed by atoms with Crippen molar-refractivity contribution < 1.29 is 24.2 Å². The van der Waals surface area contributed by atoms with Crippen molar-refractivity contribution in [2.45, 2.75) is 66.8 Å². The van der Waals surface area contributed by atoms with Crippen molar-refractivity contribution in [3.8, 4) is 0 Å². The minimum atomic E-state index is -1.49. The van der Waals surface area contributed by atoms with E-state index in [4.69, 9.17) is 23.2 Å². The molecule has 0 radical (unpaired) electrons. The summed E-state index contributed by atoms with van der Waals surface area (Å²) < 4.78 is 14.9. The SMILES string of the molecule is CC(C)(C)C1[C@@](Cc2nc(Cl)cc(Cl)c2F)(C(=O)O)CCN(C(=O)O)[C@@]1(C)C(C)(C)C. The zero-order valence-electron chi connectivity index (χ0n) is 19.0. The van der Waals surface area contributed by atoms with E-state index in [1.165, 1.54) is 11.0 Å². The number of carboxylic acids is 1. The Labute approximate surface area is 192 Å². The van der Waals surface area contributed by atoms with Gasteiger partial charge in [-0.1, -0.05) is 64.7 Å². The molecule has 2 rings (SSSR count). The average molecular weight is 477 g/mol. The Kier molecular flexibility index (Phi) is 6.68. The van der Waals surface area contributed by atoms with Crippen molar-refractivity contribution in [3.05, 3.63) is 27.8 Å². The molecule has 0 aliphatic carbocycles. The standard InChI is InChI=1S/C22H31Cl2FN2O4/c1-19(2,3)16-21(7,20(4,5)6)27(18(30)31)9-8-22(16,17(28)29)11-13-15(25)12(23)10-14(24)26-13/h10,16H,8-9,11H2,1-7H3,(H,28,29)(H,30,31)/t16?,21-,22-/m1/s1. The first kappa shape index (κ1) is 25.7. The smallest absolute Gasteiger partial charge is 0.407 e. The number of aliphatic carboxylic acids is 1. The van der Waals surface area contributed by atoms with Crippen molar-refractivity contribution in [2.75, 3.05) is 6.54 Å². The van der Waals surface area contributed by atoms with Gasteiger partial charge in [-0.2, -0.15) is 0 Å². The van der Waals surface area contributed by atoms with Crippen molar-refractivity contribution in [1.82, 2.24) is 9.88 Å². The van der Waals surface area contributed by atoms with Gasteiger partial charge in [0.2, 0.25) is 0 Å². The topological polar surface area (TPSA) is 90.7 Å². The largest absolute Gasteiger partial charge is 0.481 e. The summed E-state index contributed by atoms with van der Waals surface area (Å²) in [6.07, 6.45) is -1.36. The van der Waals surface area contributed by atoms with E-state index in [-0.39, 0.29) is 35.3 Å². The second-order valence-corrected chi connectivity index (χ2v) is 11.5. The quantitative estimate of drug-likeness (QED) is 0.522. The molecule has 6 nitrogen and oxygen atoms in total. The number of hydrogen-bond acceptors (Lipinski definition) is 3. The van der Waals surface area contributed by atoms with Crippen LogP contribution < -0.4 is 0 Å². The average Bonchev–Trinajstić information content (AvgIpc) is 2.56. The van der Waals surface area contributed by atoms with E-state index in [0.29, 0.717) is 0 Å². The first-order valence-electron chi connectivity index (χ1n) is 10.1. The molecule has 31 heavy (non-hydrogen) atoms. The van der Waals surface area contributed by atoms with Crippen LogP contribution in [0.2, 0.25) is 10.2 Å². The number of piperidine rings is 1. The van der Waals surface area contributed by atoms with Gasteiger partial charge < -0.3 is 15.1 Å². The fraction of sp³-hybridized carbons (Fsp3) is 0.682. The molecular weight excluding hydrogens is 446 g/mol. The molecule has 0 aromatic carbocycles.